The third kappa shape index (κ3) is 4.30. The lowest BCUT2D eigenvalue weighted by atomic mass is 10.0. The van der Waals surface area contributed by atoms with Crippen molar-refractivity contribution in [3.63, 3.8) is 0 Å². The number of ether oxygens (including phenoxy) is 3. The summed E-state index contributed by atoms with van der Waals surface area (Å²) in [6.07, 6.45) is -1.56. The number of nitrogens with one attached hydrogen (secondary N) is 1. The molecule has 2 N–H and O–H groups in total. The number of halogens is 1. The molecule has 10 heteroatoms. The maximum absolute atomic E-state index is 12.9. The van der Waals surface area contributed by atoms with Crippen molar-refractivity contribution in [1.82, 2.24) is 4.72 Å². The molecule has 0 aromatic heterocycles. The van der Waals surface area contributed by atoms with Crippen LogP contribution in [0.15, 0.2) is 53.4 Å². The van der Waals surface area contributed by atoms with Crippen molar-refractivity contribution in [1.29, 1.82) is 0 Å². The van der Waals surface area contributed by atoms with Crippen molar-refractivity contribution in [2.24, 2.45) is 0 Å². The zero-order chi connectivity index (χ0) is 20.4. The quantitative estimate of drug-likeness (QED) is 0.694. The number of benzene rings is 2. The summed E-state index contributed by atoms with van der Waals surface area (Å²) < 4.78 is 55.7. The van der Waals surface area contributed by atoms with Crippen LogP contribution in [0.5, 0.6) is 11.5 Å². The lowest BCUT2D eigenvalue weighted by Crippen LogP contribution is -2.55. The highest BCUT2D eigenvalue weighted by molar-refractivity contribution is 7.89. The Morgan fingerprint density at radius 1 is 1.18 bits per heavy atom. The molecule has 2 aromatic carbocycles. The molecule has 0 bridgehead atoms. The second-order valence-electron chi connectivity index (χ2n) is 6.18. The minimum Gasteiger partial charge on any atom is -0.468 e. The van der Waals surface area contributed by atoms with Crippen LogP contribution in [0.2, 0.25) is 0 Å². The number of rotatable bonds is 6. The van der Waals surface area contributed by atoms with E-state index < -0.39 is 33.6 Å². The van der Waals surface area contributed by atoms with Gasteiger partial charge in [-0.05, 0) is 48.5 Å². The van der Waals surface area contributed by atoms with E-state index in [9.17, 15) is 22.7 Å². The molecule has 1 fully saturated rings. The van der Waals surface area contributed by atoms with Gasteiger partial charge in [-0.15, -0.1) is 0 Å². The van der Waals surface area contributed by atoms with Crippen molar-refractivity contribution in [3.05, 3.63) is 54.3 Å². The summed E-state index contributed by atoms with van der Waals surface area (Å²) in [6.45, 7) is -0.355. The lowest BCUT2D eigenvalue weighted by molar-refractivity contribution is -0.147. The molecule has 0 amide bonds. The molecule has 28 heavy (non-hydrogen) atoms. The number of aliphatic hydroxyl groups is 1. The van der Waals surface area contributed by atoms with Crippen LogP contribution in [0.1, 0.15) is 6.42 Å². The molecule has 0 spiro atoms. The van der Waals surface area contributed by atoms with Gasteiger partial charge < -0.3 is 19.3 Å². The summed E-state index contributed by atoms with van der Waals surface area (Å²) in [5.41, 5.74) is -1.71. The van der Waals surface area contributed by atoms with E-state index in [1.807, 2.05) is 0 Å². The first kappa shape index (κ1) is 20.2. The van der Waals surface area contributed by atoms with Gasteiger partial charge in [-0.3, -0.25) is 0 Å². The molecular weight excluding hydrogens is 393 g/mol. The summed E-state index contributed by atoms with van der Waals surface area (Å²) in [6, 6.07) is 10.8. The van der Waals surface area contributed by atoms with E-state index in [1.54, 1.807) is 0 Å². The molecule has 0 aliphatic carbocycles. The first-order chi connectivity index (χ1) is 13.2. The highest BCUT2D eigenvalue weighted by Gasteiger charge is 2.50. The molecule has 1 aliphatic heterocycles. The molecule has 1 saturated heterocycles. The number of carbonyl (C=O) groups excluding carboxylic acids is 1. The van der Waals surface area contributed by atoms with Gasteiger partial charge in [0.25, 0.3) is 0 Å². The van der Waals surface area contributed by atoms with Crippen LogP contribution in [0.25, 0.3) is 0 Å². The number of hydrogen-bond donors (Lipinski definition) is 2. The van der Waals surface area contributed by atoms with Crippen LogP contribution < -0.4 is 9.46 Å². The van der Waals surface area contributed by atoms with Gasteiger partial charge in [0.15, 0.2) is 11.8 Å². The summed E-state index contributed by atoms with van der Waals surface area (Å²) in [5, 5.41) is 9.57. The number of esters is 1. The average molecular weight is 411 g/mol. The molecule has 0 radical (unpaired) electrons. The van der Waals surface area contributed by atoms with E-state index >= 15 is 0 Å². The van der Waals surface area contributed by atoms with Crippen LogP contribution >= 0.6 is 0 Å². The molecule has 0 saturated carbocycles. The third-order valence-corrected chi connectivity index (χ3v) is 5.69. The molecule has 150 valence electrons. The number of carbonyl (C=O) groups is 1. The molecular formula is C18H18FNO7S. The Kier molecular flexibility index (Phi) is 5.66. The van der Waals surface area contributed by atoms with Gasteiger partial charge in [0.2, 0.25) is 10.0 Å². The summed E-state index contributed by atoms with van der Waals surface area (Å²) >= 11 is 0. The first-order valence-corrected chi connectivity index (χ1v) is 9.68. The van der Waals surface area contributed by atoms with Crippen LogP contribution in [-0.2, 0) is 24.3 Å². The SMILES string of the molecule is COC(=O)C1(NS(=O)(=O)c2ccc(Oc3ccc(F)cc3)cc2)COC(O)C1. The van der Waals surface area contributed by atoms with E-state index in [0.717, 1.165) is 7.11 Å². The zero-order valence-electron chi connectivity index (χ0n) is 14.8. The lowest BCUT2D eigenvalue weighted by Gasteiger charge is -2.25. The second-order valence-corrected chi connectivity index (χ2v) is 7.86. The summed E-state index contributed by atoms with van der Waals surface area (Å²) in [5.74, 6) is -0.533. The van der Waals surface area contributed by atoms with Crippen molar-refractivity contribution in [3.8, 4) is 11.5 Å². The van der Waals surface area contributed by atoms with Gasteiger partial charge in [0.1, 0.15) is 17.3 Å². The number of sulfonamides is 1. The van der Waals surface area contributed by atoms with Gasteiger partial charge in [-0.2, -0.15) is 4.72 Å². The van der Waals surface area contributed by atoms with Gasteiger partial charge in [0, 0.05) is 6.42 Å². The minimum atomic E-state index is -4.12. The van der Waals surface area contributed by atoms with Crippen molar-refractivity contribution >= 4 is 16.0 Å². The van der Waals surface area contributed by atoms with Crippen LogP contribution in [0, 0.1) is 5.82 Å². The maximum atomic E-state index is 12.9. The Bertz CT molecular complexity index is 947. The molecule has 8 nitrogen and oxygen atoms in total. The number of hydrogen-bond acceptors (Lipinski definition) is 7. The molecule has 2 atom stereocenters. The monoisotopic (exact) mass is 411 g/mol. The Labute approximate surface area is 160 Å². The molecule has 2 aromatic rings. The number of aliphatic hydroxyl groups excluding tert-OH is 1. The number of methoxy groups -OCH3 is 1. The van der Waals surface area contributed by atoms with Crippen molar-refractivity contribution < 1.29 is 36.9 Å². The minimum absolute atomic E-state index is 0.122. The third-order valence-electron chi connectivity index (χ3n) is 4.13. The predicted octanol–water partition coefficient (Wildman–Crippen LogP) is 1.55. The highest BCUT2D eigenvalue weighted by atomic mass is 32.2. The van der Waals surface area contributed by atoms with Crippen LogP contribution in [0.3, 0.4) is 0 Å². The van der Waals surface area contributed by atoms with Crippen LogP contribution in [-0.4, -0.2) is 45.0 Å². The van der Waals surface area contributed by atoms with E-state index in [-0.39, 0.29) is 17.9 Å². The van der Waals surface area contributed by atoms with Gasteiger partial charge in [-0.25, -0.2) is 17.6 Å². The topological polar surface area (TPSA) is 111 Å². The zero-order valence-corrected chi connectivity index (χ0v) is 15.6. The second kappa shape index (κ2) is 7.84. The standard InChI is InChI=1S/C18H18FNO7S/c1-25-17(22)18(10-16(21)26-11-18)20-28(23,24)15-8-6-14(7-9-15)27-13-4-2-12(19)3-5-13/h2-9,16,20-21H,10-11H2,1H3. The maximum Gasteiger partial charge on any atom is 0.329 e. The van der Waals surface area contributed by atoms with Gasteiger partial charge in [0.05, 0.1) is 18.6 Å². The van der Waals surface area contributed by atoms with E-state index in [0.29, 0.717) is 11.5 Å². The molecule has 2 unspecified atom stereocenters. The Morgan fingerprint density at radius 3 is 2.25 bits per heavy atom. The van der Waals surface area contributed by atoms with E-state index in [2.05, 4.69) is 9.46 Å². The van der Waals surface area contributed by atoms with E-state index in [1.165, 1.54) is 48.5 Å². The normalized spacial score (nSPS) is 22.0. The largest absolute Gasteiger partial charge is 0.468 e. The van der Waals surface area contributed by atoms with Gasteiger partial charge >= 0.3 is 5.97 Å². The fraction of sp³-hybridized carbons (Fsp3) is 0.278. The van der Waals surface area contributed by atoms with Gasteiger partial charge in [-0.1, -0.05) is 0 Å². The molecule has 1 heterocycles. The fourth-order valence-electron chi connectivity index (χ4n) is 2.75. The first-order valence-electron chi connectivity index (χ1n) is 8.20. The molecule has 1 aliphatic rings. The van der Waals surface area contributed by atoms with Crippen molar-refractivity contribution in [2.75, 3.05) is 13.7 Å². The van der Waals surface area contributed by atoms with E-state index in [4.69, 9.17) is 9.47 Å². The smallest absolute Gasteiger partial charge is 0.329 e. The summed E-state index contributed by atoms with van der Waals surface area (Å²) in [4.78, 5) is 12.0. The molecule has 3 rings (SSSR count). The predicted molar refractivity (Wildman–Crippen MR) is 94.6 cm³/mol. The fourth-order valence-corrected chi connectivity index (χ4v) is 4.10. The average Bonchev–Trinajstić information content (AvgIpc) is 3.04. The Balaban J connectivity index is 1.78. The Morgan fingerprint density at radius 2 is 1.75 bits per heavy atom. The van der Waals surface area contributed by atoms with Crippen LogP contribution in [0.4, 0.5) is 4.39 Å². The highest BCUT2D eigenvalue weighted by Crippen LogP contribution is 2.28. The summed E-state index contributed by atoms with van der Waals surface area (Å²) in [7, 11) is -3.01. The van der Waals surface area contributed by atoms with Crippen molar-refractivity contribution in [2.45, 2.75) is 23.1 Å². The Hall–Kier alpha value is -2.53.